The van der Waals surface area contributed by atoms with Gasteiger partial charge in [0.2, 0.25) is 0 Å². The number of hydrogen-bond donors (Lipinski definition) is 2. The fraction of sp³-hybridized carbons (Fsp3) is 0.182. The molecule has 0 spiro atoms. The number of carbonyl (C=O) groups is 2. The molecule has 5 nitrogen and oxygen atoms in total. The van der Waals surface area contributed by atoms with Gasteiger partial charge >= 0.3 is 5.97 Å². The molecule has 0 aliphatic heterocycles. The first kappa shape index (κ1) is 11.9. The SMILES string of the molecule is Cc1cc(C(O)C(=O)O)cc(C#N)c1C=O. The van der Waals surface area contributed by atoms with Crippen LogP contribution in [0.4, 0.5) is 0 Å². The van der Waals surface area contributed by atoms with Crippen LogP contribution in [0.5, 0.6) is 0 Å². The molecule has 1 aromatic carbocycles. The summed E-state index contributed by atoms with van der Waals surface area (Å²) >= 11 is 0. The van der Waals surface area contributed by atoms with Crippen molar-refractivity contribution in [2.24, 2.45) is 0 Å². The summed E-state index contributed by atoms with van der Waals surface area (Å²) in [6, 6.07) is 4.37. The molecule has 0 saturated carbocycles. The molecular weight excluding hydrogens is 210 g/mol. The van der Waals surface area contributed by atoms with E-state index in [0.717, 1.165) is 0 Å². The summed E-state index contributed by atoms with van der Waals surface area (Å²) in [5, 5.41) is 26.7. The number of hydrogen-bond acceptors (Lipinski definition) is 4. The van der Waals surface area contributed by atoms with E-state index in [4.69, 9.17) is 10.4 Å². The molecule has 5 heteroatoms. The second kappa shape index (κ2) is 4.55. The smallest absolute Gasteiger partial charge is 0.337 e. The lowest BCUT2D eigenvalue weighted by Gasteiger charge is -2.09. The summed E-state index contributed by atoms with van der Waals surface area (Å²) in [7, 11) is 0. The molecule has 2 N–H and O–H groups in total. The number of nitriles is 1. The molecule has 0 bridgehead atoms. The van der Waals surface area contributed by atoms with Gasteiger partial charge in [-0.25, -0.2) is 4.79 Å². The van der Waals surface area contributed by atoms with E-state index in [9.17, 15) is 14.7 Å². The summed E-state index contributed by atoms with van der Waals surface area (Å²) in [6.07, 6.45) is -1.16. The quantitative estimate of drug-likeness (QED) is 0.732. The maximum absolute atomic E-state index is 10.7. The predicted molar refractivity (Wildman–Crippen MR) is 53.9 cm³/mol. The minimum absolute atomic E-state index is 0.0605. The van der Waals surface area contributed by atoms with E-state index < -0.39 is 12.1 Å². The van der Waals surface area contributed by atoms with Crippen LogP contribution in [-0.4, -0.2) is 22.5 Å². The van der Waals surface area contributed by atoms with Crippen molar-refractivity contribution in [3.05, 3.63) is 34.4 Å². The van der Waals surface area contributed by atoms with Crippen molar-refractivity contribution in [3.8, 4) is 6.07 Å². The topological polar surface area (TPSA) is 98.4 Å². The lowest BCUT2D eigenvalue weighted by atomic mass is 9.97. The Morgan fingerprint density at radius 2 is 2.19 bits per heavy atom. The number of carboxylic acid groups (broad SMARTS) is 1. The Kier molecular flexibility index (Phi) is 3.38. The molecule has 1 rings (SSSR count). The maximum Gasteiger partial charge on any atom is 0.337 e. The van der Waals surface area contributed by atoms with Gasteiger partial charge in [-0.15, -0.1) is 0 Å². The third-order valence-electron chi connectivity index (χ3n) is 2.20. The van der Waals surface area contributed by atoms with Crippen molar-refractivity contribution in [2.45, 2.75) is 13.0 Å². The first-order valence-electron chi connectivity index (χ1n) is 4.42. The number of aliphatic carboxylic acids is 1. The summed E-state index contributed by atoms with van der Waals surface area (Å²) in [5.41, 5.74) is 0.825. The number of carboxylic acids is 1. The van der Waals surface area contributed by atoms with Gasteiger partial charge in [0, 0.05) is 5.56 Å². The van der Waals surface area contributed by atoms with Gasteiger partial charge in [0.05, 0.1) is 11.6 Å². The van der Waals surface area contributed by atoms with Crippen molar-refractivity contribution in [1.82, 2.24) is 0 Å². The Bertz CT molecular complexity index is 487. The summed E-state index contributed by atoms with van der Waals surface area (Å²) in [6.45, 7) is 1.57. The zero-order valence-corrected chi connectivity index (χ0v) is 8.47. The number of carbonyl (C=O) groups excluding carboxylic acids is 1. The van der Waals surface area contributed by atoms with Crippen LogP contribution in [0.3, 0.4) is 0 Å². The molecule has 0 aliphatic carbocycles. The highest BCUT2D eigenvalue weighted by atomic mass is 16.4. The van der Waals surface area contributed by atoms with Crippen molar-refractivity contribution in [3.63, 3.8) is 0 Å². The lowest BCUT2D eigenvalue weighted by molar-refractivity contribution is -0.146. The largest absolute Gasteiger partial charge is 0.479 e. The van der Waals surface area contributed by atoms with E-state index in [1.807, 2.05) is 0 Å². The number of aliphatic hydroxyl groups excluding tert-OH is 1. The first-order valence-corrected chi connectivity index (χ1v) is 4.42. The molecule has 0 aromatic heterocycles. The Labute approximate surface area is 91.6 Å². The molecular formula is C11H9NO4. The predicted octanol–water partition coefficient (Wildman–Crippen LogP) is 0.797. The molecule has 0 radical (unpaired) electrons. The maximum atomic E-state index is 10.7. The third kappa shape index (κ3) is 2.07. The van der Waals surface area contributed by atoms with Crippen molar-refractivity contribution < 1.29 is 19.8 Å². The molecule has 1 unspecified atom stereocenters. The average Bonchev–Trinajstić information content (AvgIpc) is 2.26. The number of nitrogens with zero attached hydrogens (tertiary/aromatic N) is 1. The normalized spacial score (nSPS) is 11.6. The van der Waals surface area contributed by atoms with E-state index in [1.54, 1.807) is 13.0 Å². The van der Waals surface area contributed by atoms with E-state index in [-0.39, 0.29) is 16.7 Å². The number of benzene rings is 1. The van der Waals surface area contributed by atoms with Crippen LogP contribution in [-0.2, 0) is 4.79 Å². The molecule has 0 saturated heterocycles. The molecule has 0 fully saturated rings. The second-order valence-corrected chi connectivity index (χ2v) is 3.27. The number of rotatable bonds is 3. The summed E-state index contributed by atoms with van der Waals surface area (Å²) < 4.78 is 0. The van der Waals surface area contributed by atoms with Gasteiger partial charge in [-0.05, 0) is 24.1 Å². The van der Waals surface area contributed by atoms with Crippen molar-refractivity contribution in [1.29, 1.82) is 5.26 Å². The zero-order valence-electron chi connectivity index (χ0n) is 8.47. The number of aldehydes is 1. The monoisotopic (exact) mass is 219 g/mol. The van der Waals surface area contributed by atoms with Gasteiger partial charge in [0.1, 0.15) is 0 Å². The third-order valence-corrected chi connectivity index (χ3v) is 2.20. The molecule has 1 atom stereocenters. The fourth-order valence-corrected chi connectivity index (χ4v) is 1.38. The van der Waals surface area contributed by atoms with Crippen molar-refractivity contribution >= 4 is 12.3 Å². The van der Waals surface area contributed by atoms with Crippen molar-refractivity contribution in [2.75, 3.05) is 0 Å². The van der Waals surface area contributed by atoms with E-state index >= 15 is 0 Å². The molecule has 0 heterocycles. The zero-order chi connectivity index (χ0) is 12.3. The molecule has 16 heavy (non-hydrogen) atoms. The average molecular weight is 219 g/mol. The van der Waals surface area contributed by atoms with E-state index in [0.29, 0.717) is 11.8 Å². The Hall–Kier alpha value is -2.19. The second-order valence-electron chi connectivity index (χ2n) is 3.27. The molecule has 0 amide bonds. The van der Waals surface area contributed by atoms with Crippen LogP contribution in [0.25, 0.3) is 0 Å². The van der Waals surface area contributed by atoms with Crippen LogP contribution in [0.2, 0.25) is 0 Å². The van der Waals surface area contributed by atoms with Crippen LogP contribution in [0, 0.1) is 18.3 Å². The van der Waals surface area contributed by atoms with Crippen LogP contribution >= 0.6 is 0 Å². The molecule has 0 aliphatic rings. The highest BCUT2D eigenvalue weighted by Gasteiger charge is 2.18. The van der Waals surface area contributed by atoms with Crippen LogP contribution in [0.15, 0.2) is 12.1 Å². The van der Waals surface area contributed by atoms with Gasteiger partial charge in [-0.2, -0.15) is 5.26 Å². The summed E-state index contributed by atoms with van der Waals surface area (Å²) in [5.74, 6) is -1.40. The van der Waals surface area contributed by atoms with Crippen LogP contribution < -0.4 is 0 Å². The van der Waals surface area contributed by atoms with Gasteiger partial charge in [-0.1, -0.05) is 6.07 Å². The highest BCUT2D eigenvalue weighted by molar-refractivity contribution is 5.82. The summed E-state index contributed by atoms with van der Waals surface area (Å²) in [4.78, 5) is 21.3. The van der Waals surface area contributed by atoms with Gasteiger partial charge in [-0.3, -0.25) is 4.79 Å². The minimum atomic E-state index is -1.69. The molecule has 1 aromatic rings. The fourth-order valence-electron chi connectivity index (χ4n) is 1.38. The Morgan fingerprint density at radius 3 is 2.62 bits per heavy atom. The van der Waals surface area contributed by atoms with E-state index in [2.05, 4.69) is 0 Å². The Morgan fingerprint density at radius 1 is 1.56 bits per heavy atom. The van der Waals surface area contributed by atoms with Gasteiger partial charge < -0.3 is 10.2 Å². The number of aliphatic hydroxyl groups is 1. The van der Waals surface area contributed by atoms with E-state index in [1.165, 1.54) is 12.1 Å². The minimum Gasteiger partial charge on any atom is -0.479 e. The van der Waals surface area contributed by atoms with Gasteiger partial charge in [0.25, 0.3) is 0 Å². The molecule has 82 valence electrons. The highest BCUT2D eigenvalue weighted by Crippen LogP contribution is 2.20. The Balaban J connectivity index is 3.38. The first-order chi connectivity index (χ1) is 7.51. The standard InChI is InChI=1S/C11H9NO4/c1-6-2-7(10(14)11(15)16)3-8(4-12)9(6)5-13/h2-3,5,10,14H,1H3,(H,15,16). The lowest BCUT2D eigenvalue weighted by Crippen LogP contribution is -2.11. The van der Waals surface area contributed by atoms with Gasteiger partial charge in [0.15, 0.2) is 12.4 Å². The van der Waals surface area contributed by atoms with Crippen LogP contribution in [0.1, 0.15) is 33.2 Å². The number of aryl methyl sites for hydroxylation is 1.